The SMILES string of the molecule is CC(C)(CNC(=O)CN(CCN(CC(=O)O)CC(=O)Nc1ccc(S(N)(=O)=O)cc1)CC(=O)Nc1ccc(S(N)(=O)=O)cc1)OCOCC(=O)NCCSSCCOC=O. The first-order valence-electron chi connectivity index (χ1n) is 17.7. The number of rotatable bonds is 30. The van der Waals surface area contributed by atoms with Crippen molar-refractivity contribution in [3.8, 4) is 0 Å². The summed E-state index contributed by atoms with van der Waals surface area (Å²) in [7, 11) is -4.94. The Morgan fingerprint density at radius 3 is 1.70 bits per heavy atom. The maximum absolute atomic E-state index is 13.2. The lowest BCUT2D eigenvalue weighted by Gasteiger charge is -2.28. The third-order valence-corrected chi connectivity index (χ3v) is 11.8. The number of hydrogen-bond acceptors (Lipinski definition) is 17. The Kier molecular flexibility index (Phi) is 22.5. The number of nitrogens with one attached hydrogen (secondary N) is 4. The minimum atomic E-state index is -3.98. The van der Waals surface area contributed by atoms with Crippen LogP contribution in [0.3, 0.4) is 0 Å². The van der Waals surface area contributed by atoms with E-state index in [0.717, 1.165) is 0 Å². The molecule has 9 N–H and O–H groups in total. The molecular formula is C34H50N8O14S4. The van der Waals surface area contributed by atoms with Gasteiger partial charge in [-0.05, 0) is 62.4 Å². The molecule has 0 aliphatic carbocycles. The molecule has 2 aromatic rings. The highest BCUT2D eigenvalue weighted by Crippen LogP contribution is 2.19. The van der Waals surface area contributed by atoms with Crippen molar-refractivity contribution >= 4 is 89.1 Å². The highest BCUT2D eigenvalue weighted by Gasteiger charge is 2.23. The van der Waals surface area contributed by atoms with E-state index in [1.807, 2.05) is 0 Å². The summed E-state index contributed by atoms with van der Waals surface area (Å²) in [5.41, 5.74) is -0.524. The number of carboxylic acid groups (broad SMARTS) is 1. The summed E-state index contributed by atoms with van der Waals surface area (Å²) >= 11 is 0. The summed E-state index contributed by atoms with van der Waals surface area (Å²) in [5.74, 6) is -2.17. The number of carboxylic acids is 1. The van der Waals surface area contributed by atoms with E-state index >= 15 is 0 Å². The Bertz CT molecular complexity index is 1960. The number of hydrogen-bond donors (Lipinski definition) is 7. The predicted molar refractivity (Wildman–Crippen MR) is 222 cm³/mol. The molecule has 0 unspecified atom stereocenters. The number of nitrogens with two attached hydrogens (primary N) is 2. The molecule has 0 saturated carbocycles. The van der Waals surface area contributed by atoms with Crippen LogP contribution in [0.1, 0.15) is 13.8 Å². The molecule has 0 atom stereocenters. The minimum absolute atomic E-state index is 0.0197. The van der Waals surface area contributed by atoms with Gasteiger partial charge in [-0.2, -0.15) is 0 Å². The van der Waals surface area contributed by atoms with Crippen molar-refractivity contribution in [3.05, 3.63) is 48.5 Å². The first-order valence-corrected chi connectivity index (χ1v) is 23.3. The zero-order valence-corrected chi connectivity index (χ0v) is 36.1. The number of sulfonamides is 2. The van der Waals surface area contributed by atoms with E-state index < -0.39 is 69.0 Å². The van der Waals surface area contributed by atoms with Gasteiger partial charge in [0.05, 0.1) is 41.6 Å². The number of carbonyl (C=O) groups is 6. The van der Waals surface area contributed by atoms with Crippen molar-refractivity contribution in [3.63, 3.8) is 0 Å². The van der Waals surface area contributed by atoms with Crippen molar-refractivity contribution < 1.29 is 64.9 Å². The van der Waals surface area contributed by atoms with E-state index in [1.165, 1.54) is 79.9 Å². The van der Waals surface area contributed by atoms with Crippen LogP contribution in [0.25, 0.3) is 0 Å². The molecule has 0 radical (unpaired) electrons. The predicted octanol–water partition coefficient (Wildman–Crippen LogP) is -1.20. The second-order valence-electron chi connectivity index (χ2n) is 13.2. The fraction of sp³-hybridized carbons (Fsp3) is 0.471. The van der Waals surface area contributed by atoms with Crippen molar-refractivity contribution in [1.29, 1.82) is 0 Å². The third-order valence-electron chi connectivity index (χ3n) is 7.55. The first kappa shape index (κ1) is 51.8. The van der Waals surface area contributed by atoms with Gasteiger partial charge in [0, 0.05) is 49.1 Å². The average Bonchev–Trinajstić information content (AvgIpc) is 3.15. The summed E-state index contributed by atoms with van der Waals surface area (Å²) in [4.78, 5) is 75.3. The minimum Gasteiger partial charge on any atom is -0.480 e. The van der Waals surface area contributed by atoms with Crippen LogP contribution in [0.15, 0.2) is 58.3 Å². The first-order chi connectivity index (χ1) is 28.2. The van der Waals surface area contributed by atoms with E-state index in [0.29, 0.717) is 31.1 Å². The Morgan fingerprint density at radius 1 is 0.733 bits per heavy atom. The number of aliphatic carboxylic acids is 1. The molecule has 60 heavy (non-hydrogen) atoms. The average molecular weight is 923 g/mol. The van der Waals surface area contributed by atoms with E-state index in [1.54, 1.807) is 13.8 Å². The topological polar surface area (TPSA) is 325 Å². The van der Waals surface area contributed by atoms with Crippen LogP contribution in [-0.2, 0) is 63.0 Å². The quantitative estimate of drug-likeness (QED) is 0.0210. The van der Waals surface area contributed by atoms with Crippen LogP contribution in [0.5, 0.6) is 0 Å². The van der Waals surface area contributed by atoms with Crippen LogP contribution in [0, 0.1) is 0 Å². The van der Waals surface area contributed by atoms with Gasteiger partial charge >= 0.3 is 5.97 Å². The van der Waals surface area contributed by atoms with Gasteiger partial charge in [0.25, 0.3) is 6.47 Å². The number of anilines is 2. The van der Waals surface area contributed by atoms with Crippen molar-refractivity contribution in [1.82, 2.24) is 20.4 Å². The monoisotopic (exact) mass is 922 g/mol. The molecule has 334 valence electrons. The van der Waals surface area contributed by atoms with Gasteiger partial charge in [-0.3, -0.25) is 38.6 Å². The molecule has 0 fully saturated rings. The van der Waals surface area contributed by atoms with Gasteiger partial charge in [0.1, 0.15) is 20.0 Å². The third kappa shape index (κ3) is 22.8. The van der Waals surface area contributed by atoms with Crippen LogP contribution in [0.4, 0.5) is 11.4 Å². The summed E-state index contributed by atoms with van der Waals surface area (Å²) in [6, 6.07) is 10.0. The molecule has 0 heterocycles. The second kappa shape index (κ2) is 26.1. The number of ether oxygens (including phenoxy) is 3. The summed E-state index contributed by atoms with van der Waals surface area (Å²) < 4.78 is 61.9. The van der Waals surface area contributed by atoms with Crippen LogP contribution in [0.2, 0.25) is 0 Å². The molecule has 0 aliphatic rings. The molecule has 4 amide bonds. The largest absolute Gasteiger partial charge is 0.480 e. The van der Waals surface area contributed by atoms with Crippen LogP contribution in [-0.4, -0.2) is 157 Å². The molecule has 0 aliphatic heterocycles. The molecule has 2 aromatic carbocycles. The summed E-state index contributed by atoms with van der Waals surface area (Å²) in [5, 5.41) is 30.3. The van der Waals surface area contributed by atoms with Crippen molar-refractivity contribution in [2.24, 2.45) is 10.3 Å². The summed E-state index contributed by atoms with van der Waals surface area (Å²) in [6.45, 7) is 1.90. The van der Waals surface area contributed by atoms with E-state index in [2.05, 4.69) is 26.0 Å². The Morgan fingerprint density at radius 2 is 1.22 bits per heavy atom. The van der Waals surface area contributed by atoms with Crippen molar-refractivity contribution in [2.75, 3.05) is 94.5 Å². The molecule has 22 nitrogen and oxygen atoms in total. The molecule has 2 rings (SSSR count). The molecule has 26 heteroatoms. The fourth-order valence-electron chi connectivity index (χ4n) is 4.65. The van der Waals surface area contributed by atoms with E-state index in [9.17, 15) is 50.7 Å². The highest BCUT2D eigenvalue weighted by molar-refractivity contribution is 8.76. The van der Waals surface area contributed by atoms with Gasteiger partial charge < -0.3 is 40.6 Å². The number of benzene rings is 2. The molecule has 0 aromatic heterocycles. The number of primary sulfonamides is 2. The molecule has 0 bridgehead atoms. The Hall–Kier alpha value is -4.38. The number of nitrogens with zero attached hydrogens (tertiary/aromatic N) is 2. The second-order valence-corrected chi connectivity index (χ2v) is 19.0. The number of carbonyl (C=O) groups excluding carboxylic acids is 5. The van der Waals surface area contributed by atoms with Gasteiger partial charge in [0.15, 0.2) is 0 Å². The van der Waals surface area contributed by atoms with Crippen molar-refractivity contribution in [2.45, 2.75) is 29.2 Å². The standard InChI is InChI=1S/C34H50N8O14S4/c1-34(2,56-24-55-21-32(47)37-11-15-57-58-16-14-54-23-43)22-38-29(44)17-41(18-30(45)39-25-3-7-27(8-4-25)59(35,50)51)12-13-42(20-33(48)49)19-31(46)40-26-5-9-28(10-6-26)60(36,52)53/h3-10,23H,11-22,24H2,1-2H3,(H,37,47)(H,38,44)(H,39,45)(H,40,46)(H,48,49)(H2,35,50,51)(H2,36,52,53). The lowest BCUT2D eigenvalue weighted by atomic mass is 10.1. The van der Waals surface area contributed by atoms with E-state index in [-0.39, 0.29) is 66.7 Å². The zero-order chi connectivity index (χ0) is 44.8. The molecule has 0 spiro atoms. The molecule has 0 saturated heterocycles. The Balaban J connectivity index is 1.99. The molecular weight excluding hydrogens is 873 g/mol. The number of amides is 4. The smallest absolute Gasteiger partial charge is 0.317 e. The fourth-order valence-corrected chi connectivity index (χ4v) is 7.43. The Labute approximate surface area is 355 Å². The van der Waals surface area contributed by atoms with Gasteiger partial charge in [-0.25, -0.2) is 27.1 Å². The lowest BCUT2D eigenvalue weighted by molar-refractivity contribution is -0.147. The van der Waals surface area contributed by atoms with E-state index in [4.69, 9.17) is 19.8 Å². The maximum atomic E-state index is 13.2. The van der Waals surface area contributed by atoms with Crippen LogP contribution >= 0.6 is 21.6 Å². The van der Waals surface area contributed by atoms with Crippen LogP contribution < -0.4 is 31.5 Å². The van der Waals surface area contributed by atoms with Gasteiger partial charge in [-0.15, -0.1) is 0 Å². The maximum Gasteiger partial charge on any atom is 0.317 e. The normalized spacial score (nSPS) is 11.8. The van der Waals surface area contributed by atoms with Gasteiger partial charge in [0.2, 0.25) is 43.7 Å². The summed E-state index contributed by atoms with van der Waals surface area (Å²) in [6.07, 6.45) is 0. The van der Waals surface area contributed by atoms with Gasteiger partial charge in [-0.1, -0.05) is 21.6 Å². The highest BCUT2D eigenvalue weighted by atomic mass is 33.1. The lowest BCUT2D eigenvalue weighted by Crippen LogP contribution is -2.48. The zero-order valence-electron chi connectivity index (χ0n) is 32.8.